The van der Waals surface area contributed by atoms with E-state index in [0.717, 1.165) is 5.69 Å². The number of aliphatic hydroxyl groups is 2. The Bertz CT molecular complexity index is 1100. The number of nitrogens with one attached hydrogen (secondary N) is 2. The van der Waals surface area contributed by atoms with Crippen LogP contribution in [0.4, 0.5) is 22.7 Å². The van der Waals surface area contributed by atoms with Crippen molar-refractivity contribution in [2.24, 2.45) is 0 Å². The molecule has 8 nitrogen and oxygen atoms in total. The number of carbonyl (C=O) groups excluding carboxylic acids is 2. The highest BCUT2D eigenvalue weighted by atomic mass is 16.5. The van der Waals surface area contributed by atoms with Gasteiger partial charge in [0, 0.05) is 16.9 Å². The number of para-hydroxylation sites is 1. The maximum absolute atomic E-state index is 12.7. The lowest BCUT2D eigenvalue weighted by Gasteiger charge is -2.18. The molecular formula is C25H26N2O6. The predicted molar refractivity (Wildman–Crippen MR) is 125 cm³/mol. The molecule has 0 aromatic heterocycles. The van der Waals surface area contributed by atoms with Crippen molar-refractivity contribution in [1.29, 1.82) is 0 Å². The molecule has 3 aromatic carbocycles. The maximum atomic E-state index is 12.7. The highest BCUT2D eigenvalue weighted by molar-refractivity contribution is 6.04. The first-order valence-corrected chi connectivity index (χ1v) is 10.5. The number of aliphatic hydroxyl groups excluding tert-OH is 1. The molecule has 0 heterocycles. The Morgan fingerprint density at radius 2 is 1.21 bits per heavy atom. The summed E-state index contributed by atoms with van der Waals surface area (Å²) in [6.45, 7) is 3.80. The minimum atomic E-state index is -1.59. The third-order valence-corrected chi connectivity index (χ3v) is 4.69. The van der Waals surface area contributed by atoms with Gasteiger partial charge in [0.05, 0.1) is 35.7 Å². The van der Waals surface area contributed by atoms with Crippen molar-refractivity contribution in [3.05, 3.63) is 83.4 Å². The van der Waals surface area contributed by atoms with Gasteiger partial charge in [0.1, 0.15) is 0 Å². The number of rotatable bonds is 9. The molecule has 0 radical (unpaired) electrons. The van der Waals surface area contributed by atoms with Crippen molar-refractivity contribution < 1.29 is 29.3 Å². The summed E-state index contributed by atoms with van der Waals surface area (Å²) in [4.78, 5) is 25.5. The topological polar surface area (TPSA) is 117 Å². The van der Waals surface area contributed by atoms with Crippen LogP contribution in [0.2, 0.25) is 0 Å². The van der Waals surface area contributed by atoms with Gasteiger partial charge in [0.2, 0.25) is 0 Å². The fourth-order valence-corrected chi connectivity index (χ4v) is 3.13. The average molecular weight is 450 g/mol. The van der Waals surface area contributed by atoms with E-state index in [-0.39, 0.29) is 24.3 Å². The number of ether oxygens (including phenoxy) is 2. The average Bonchev–Trinajstić information content (AvgIpc) is 2.81. The van der Waals surface area contributed by atoms with Gasteiger partial charge in [-0.3, -0.25) is 0 Å². The first-order chi connectivity index (χ1) is 15.9. The molecule has 0 aliphatic heterocycles. The molecule has 0 saturated heterocycles. The quantitative estimate of drug-likeness (QED) is 0.278. The van der Waals surface area contributed by atoms with Crippen molar-refractivity contribution in [3.63, 3.8) is 0 Å². The summed E-state index contributed by atoms with van der Waals surface area (Å²) < 4.78 is 10.4. The molecule has 0 atom stereocenters. The highest BCUT2D eigenvalue weighted by Gasteiger charge is 2.21. The fourth-order valence-electron chi connectivity index (χ4n) is 3.13. The molecule has 0 aliphatic carbocycles. The zero-order valence-corrected chi connectivity index (χ0v) is 18.4. The Morgan fingerprint density at radius 3 is 1.64 bits per heavy atom. The second-order valence-electron chi connectivity index (χ2n) is 7.00. The summed E-state index contributed by atoms with van der Waals surface area (Å²) in [5.41, 5.74) is 2.81. The molecule has 0 aliphatic rings. The van der Waals surface area contributed by atoms with Crippen LogP contribution in [0.15, 0.2) is 66.7 Å². The molecule has 3 rings (SSSR count). The monoisotopic (exact) mass is 450 g/mol. The fraction of sp³-hybridized carbons (Fsp3) is 0.200. The first kappa shape index (κ1) is 23.8. The second kappa shape index (κ2) is 11.1. The number of anilines is 4. The van der Waals surface area contributed by atoms with Crippen LogP contribution < -0.4 is 10.6 Å². The van der Waals surface area contributed by atoms with Gasteiger partial charge in [0.25, 0.3) is 0 Å². The number of hydrogen-bond acceptors (Lipinski definition) is 8. The third-order valence-electron chi connectivity index (χ3n) is 4.69. The number of benzene rings is 3. The molecule has 0 spiro atoms. The van der Waals surface area contributed by atoms with E-state index in [4.69, 9.17) is 9.47 Å². The number of hydrogen-bond donors (Lipinski definition) is 4. The normalized spacial score (nSPS) is 10.6. The molecule has 0 amide bonds. The van der Waals surface area contributed by atoms with Crippen LogP contribution in [-0.4, -0.2) is 35.4 Å². The van der Waals surface area contributed by atoms with Crippen LogP contribution in [0.3, 0.4) is 0 Å². The summed E-state index contributed by atoms with van der Waals surface area (Å²) in [5, 5.41) is 24.9. The smallest absolute Gasteiger partial charge is 0.340 e. The molecule has 33 heavy (non-hydrogen) atoms. The van der Waals surface area contributed by atoms with E-state index in [0.29, 0.717) is 22.6 Å². The van der Waals surface area contributed by atoms with Crippen LogP contribution in [0.25, 0.3) is 0 Å². The van der Waals surface area contributed by atoms with Crippen molar-refractivity contribution in [3.8, 4) is 0 Å². The standard InChI is InChI=1S/C25H26N2O6/c1-3-32-24(30)19-15-22(27-18-12-10-16(11-13-18)23(28)29)20(25(31)33-4-2)14-21(19)26-17-8-6-5-7-9-17/h5-15,23,26-29H,3-4H2,1-2H3. The molecule has 3 aromatic rings. The van der Waals surface area contributed by atoms with Gasteiger partial charge in [-0.2, -0.15) is 0 Å². The maximum Gasteiger partial charge on any atom is 0.340 e. The molecule has 0 unspecified atom stereocenters. The molecule has 0 fully saturated rings. The van der Waals surface area contributed by atoms with E-state index >= 15 is 0 Å². The first-order valence-electron chi connectivity index (χ1n) is 10.5. The summed E-state index contributed by atoms with van der Waals surface area (Å²) in [7, 11) is 0. The Morgan fingerprint density at radius 1 is 0.758 bits per heavy atom. The van der Waals surface area contributed by atoms with Gasteiger partial charge in [-0.25, -0.2) is 9.59 Å². The van der Waals surface area contributed by atoms with Gasteiger partial charge >= 0.3 is 11.9 Å². The van der Waals surface area contributed by atoms with Crippen LogP contribution in [-0.2, 0) is 9.47 Å². The van der Waals surface area contributed by atoms with E-state index in [1.54, 1.807) is 32.0 Å². The molecule has 172 valence electrons. The Balaban J connectivity index is 2.08. The van der Waals surface area contributed by atoms with Crippen molar-refractivity contribution in [2.45, 2.75) is 20.1 Å². The predicted octanol–water partition coefficient (Wildman–Crippen LogP) is 4.51. The zero-order valence-electron chi connectivity index (χ0n) is 18.4. The number of carbonyl (C=O) groups is 2. The minimum Gasteiger partial charge on any atom is -0.462 e. The SMILES string of the molecule is CCOC(=O)c1cc(Nc2ccc(C(O)O)cc2)c(C(=O)OCC)cc1Nc1ccccc1. The van der Waals surface area contributed by atoms with Crippen LogP contribution in [0.5, 0.6) is 0 Å². The molecular weight excluding hydrogens is 424 g/mol. The van der Waals surface area contributed by atoms with Gasteiger partial charge in [-0.15, -0.1) is 0 Å². The third kappa shape index (κ3) is 6.09. The Hall–Kier alpha value is -3.88. The summed E-state index contributed by atoms with van der Waals surface area (Å²) in [5.74, 6) is -1.11. The minimum absolute atomic E-state index is 0.183. The summed E-state index contributed by atoms with van der Waals surface area (Å²) in [6.07, 6.45) is -1.59. The molecule has 0 saturated carbocycles. The van der Waals surface area contributed by atoms with Crippen LogP contribution in [0.1, 0.15) is 46.4 Å². The lowest BCUT2D eigenvalue weighted by Crippen LogP contribution is -2.13. The molecule has 4 N–H and O–H groups in total. The van der Waals surface area contributed by atoms with E-state index in [2.05, 4.69) is 10.6 Å². The highest BCUT2D eigenvalue weighted by Crippen LogP contribution is 2.31. The summed E-state index contributed by atoms with van der Waals surface area (Å²) >= 11 is 0. The van der Waals surface area contributed by atoms with E-state index in [1.165, 1.54) is 18.2 Å². The van der Waals surface area contributed by atoms with Gasteiger partial charge in [-0.1, -0.05) is 30.3 Å². The van der Waals surface area contributed by atoms with E-state index < -0.39 is 18.2 Å². The van der Waals surface area contributed by atoms with Gasteiger partial charge < -0.3 is 30.3 Å². The van der Waals surface area contributed by atoms with E-state index in [1.807, 2.05) is 30.3 Å². The second-order valence-corrected chi connectivity index (χ2v) is 7.00. The molecule has 8 heteroatoms. The Labute approximate surface area is 191 Å². The van der Waals surface area contributed by atoms with Gasteiger partial charge in [-0.05, 0) is 50.2 Å². The number of esters is 2. The van der Waals surface area contributed by atoms with Crippen molar-refractivity contribution in [2.75, 3.05) is 23.8 Å². The van der Waals surface area contributed by atoms with Crippen LogP contribution >= 0.6 is 0 Å². The van der Waals surface area contributed by atoms with Crippen molar-refractivity contribution in [1.82, 2.24) is 0 Å². The van der Waals surface area contributed by atoms with Crippen molar-refractivity contribution >= 4 is 34.7 Å². The lowest BCUT2D eigenvalue weighted by molar-refractivity contribution is -0.0424. The molecule has 0 bridgehead atoms. The zero-order chi connectivity index (χ0) is 23.8. The van der Waals surface area contributed by atoms with Crippen LogP contribution in [0, 0.1) is 0 Å². The summed E-state index contributed by atoms with van der Waals surface area (Å²) in [6, 6.07) is 18.6. The van der Waals surface area contributed by atoms with Gasteiger partial charge in [0.15, 0.2) is 6.29 Å². The van der Waals surface area contributed by atoms with E-state index in [9.17, 15) is 19.8 Å². The lowest BCUT2D eigenvalue weighted by atomic mass is 10.0. The Kier molecular flexibility index (Phi) is 8.01. The largest absolute Gasteiger partial charge is 0.462 e.